The van der Waals surface area contributed by atoms with Gasteiger partial charge in [0, 0.05) is 27.5 Å². The highest BCUT2D eigenvalue weighted by Gasteiger charge is 2.07. The number of benzene rings is 1. The molecular formula is C14H14BrClN2. The molecule has 0 saturated heterocycles. The van der Waals surface area contributed by atoms with Crippen LogP contribution >= 0.6 is 27.5 Å². The number of alkyl halides is 1. The van der Waals surface area contributed by atoms with E-state index in [-0.39, 0.29) is 0 Å². The lowest BCUT2D eigenvalue weighted by Crippen LogP contribution is -2.00. The van der Waals surface area contributed by atoms with Gasteiger partial charge in [-0.15, -0.1) is 11.6 Å². The fraction of sp³-hybridized carbons (Fsp3) is 0.286. The molecule has 0 radical (unpaired) electrons. The van der Waals surface area contributed by atoms with Crippen molar-refractivity contribution in [1.82, 2.24) is 9.97 Å². The zero-order valence-corrected chi connectivity index (χ0v) is 12.5. The van der Waals surface area contributed by atoms with Gasteiger partial charge in [0.2, 0.25) is 0 Å². The highest BCUT2D eigenvalue weighted by molar-refractivity contribution is 9.10. The lowest BCUT2D eigenvalue weighted by Gasteiger charge is -2.07. The Morgan fingerprint density at radius 1 is 1.22 bits per heavy atom. The van der Waals surface area contributed by atoms with Gasteiger partial charge in [0.15, 0.2) is 5.82 Å². The second-order valence-corrected chi connectivity index (χ2v) is 5.24. The third-order valence-corrected chi connectivity index (χ3v) is 3.50. The summed E-state index contributed by atoms with van der Waals surface area (Å²) < 4.78 is 1.05. The van der Waals surface area contributed by atoms with E-state index in [4.69, 9.17) is 11.6 Å². The van der Waals surface area contributed by atoms with Crippen molar-refractivity contribution in [3.63, 3.8) is 0 Å². The Balaban J connectivity index is 2.39. The van der Waals surface area contributed by atoms with E-state index in [9.17, 15) is 0 Å². The van der Waals surface area contributed by atoms with Crippen LogP contribution in [0.3, 0.4) is 0 Å². The van der Waals surface area contributed by atoms with Crippen LogP contribution in [0.4, 0.5) is 0 Å². The molecule has 2 nitrogen and oxygen atoms in total. The molecule has 2 aromatic rings. The number of rotatable bonds is 4. The zero-order chi connectivity index (χ0) is 13.0. The summed E-state index contributed by atoms with van der Waals surface area (Å²) in [6.45, 7) is 2.14. The van der Waals surface area contributed by atoms with Crippen LogP contribution in [0.1, 0.15) is 24.6 Å². The number of nitrogens with zero attached hydrogens (tertiary/aromatic N) is 2. The molecule has 0 N–H and O–H groups in total. The van der Waals surface area contributed by atoms with Gasteiger partial charge >= 0.3 is 0 Å². The molecule has 0 aliphatic carbocycles. The predicted molar refractivity (Wildman–Crippen MR) is 78.7 cm³/mol. The van der Waals surface area contributed by atoms with Crippen molar-refractivity contribution in [1.29, 1.82) is 0 Å². The number of halogens is 2. The number of hydrogen-bond acceptors (Lipinski definition) is 2. The lowest BCUT2D eigenvalue weighted by molar-refractivity contribution is 0.859. The molecule has 0 bridgehead atoms. The Labute approximate surface area is 121 Å². The van der Waals surface area contributed by atoms with Crippen LogP contribution in [-0.2, 0) is 12.3 Å². The van der Waals surface area contributed by atoms with E-state index in [1.165, 1.54) is 0 Å². The van der Waals surface area contributed by atoms with E-state index in [0.29, 0.717) is 5.88 Å². The van der Waals surface area contributed by atoms with Gasteiger partial charge in [-0.05, 0) is 18.6 Å². The predicted octanol–water partition coefficient (Wildman–Crippen LogP) is 4.60. The van der Waals surface area contributed by atoms with Crippen molar-refractivity contribution in [3.05, 3.63) is 46.2 Å². The van der Waals surface area contributed by atoms with E-state index >= 15 is 0 Å². The number of aromatic nitrogens is 2. The normalized spacial score (nSPS) is 10.6. The number of aryl methyl sites for hydroxylation is 1. The molecule has 0 aliphatic heterocycles. The Kier molecular flexibility index (Phi) is 4.72. The molecule has 18 heavy (non-hydrogen) atoms. The van der Waals surface area contributed by atoms with Crippen LogP contribution in [0, 0.1) is 0 Å². The quantitative estimate of drug-likeness (QED) is 0.768. The van der Waals surface area contributed by atoms with E-state index < -0.39 is 0 Å². The first-order valence-corrected chi connectivity index (χ1v) is 7.24. The summed E-state index contributed by atoms with van der Waals surface area (Å²) >= 11 is 9.32. The molecule has 0 aliphatic rings. The minimum absolute atomic E-state index is 0.468. The first-order valence-electron chi connectivity index (χ1n) is 5.91. The Hall–Kier alpha value is -0.930. The van der Waals surface area contributed by atoms with E-state index in [1.807, 2.05) is 30.5 Å². The largest absolute Gasteiger partial charge is 0.236 e. The summed E-state index contributed by atoms with van der Waals surface area (Å²) in [6.07, 6.45) is 3.83. The minimum atomic E-state index is 0.468. The fourth-order valence-electron chi connectivity index (χ4n) is 1.75. The van der Waals surface area contributed by atoms with Gasteiger partial charge in [-0.1, -0.05) is 41.4 Å². The maximum absolute atomic E-state index is 5.90. The van der Waals surface area contributed by atoms with E-state index in [1.54, 1.807) is 0 Å². The van der Waals surface area contributed by atoms with Crippen LogP contribution in [-0.4, -0.2) is 9.97 Å². The average molecular weight is 326 g/mol. The first-order chi connectivity index (χ1) is 8.74. The third-order valence-electron chi connectivity index (χ3n) is 2.69. The SMILES string of the molecule is CCCc1nc(-c2ccc(Br)cc2)ncc1CCl. The zero-order valence-electron chi connectivity index (χ0n) is 10.2. The summed E-state index contributed by atoms with van der Waals surface area (Å²) in [7, 11) is 0. The highest BCUT2D eigenvalue weighted by Crippen LogP contribution is 2.20. The standard InChI is InChI=1S/C14H14BrClN2/c1-2-3-13-11(8-16)9-17-14(18-13)10-4-6-12(15)7-5-10/h4-7,9H,2-3,8H2,1H3. The topological polar surface area (TPSA) is 25.8 Å². The summed E-state index contributed by atoms with van der Waals surface area (Å²) in [4.78, 5) is 9.00. The summed E-state index contributed by atoms with van der Waals surface area (Å²) in [5.41, 5.74) is 3.11. The van der Waals surface area contributed by atoms with Gasteiger partial charge < -0.3 is 0 Å². The molecule has 4 heteroatoms. The maximum Gasteiger partial charge on any atom is 0.159 e. The van der Waals surface area contributed by atoms with Gasteiger partial charge in [-0.25, -0.2) is 9.97 Å². The second kappa shape index (κ2) is 6.30. The van der Waals surface area contributed by atoms with Crippen LogP contribution < -0.4 is 0 Å². The van der Waals surface area contributed by atoms with Gasteiger partial charge in [0.25, 0.3) is 0 Å². The van der Waals surface area contributed by atoms with Gasteiger partial charge in [0.1, 0.15) is 0 Å². The van der Waals surface area contributed by atoms with Crippen molar-refractivity contribution < 1.29 is 0 Å². The third kappa shape index (κ3) is 3.09. The Morgan fingerprint density at radius 3 is 2.56 bits per heavy atom. The smallest absolute Gasteiger partial charge is 0.159 e. The van der Waals surface area contributed by atoms with E-state index in [2.05, 4.69) is 32.8 Å². The van der Waals surface area contributed by atoms with Crippen molar-refractivity contribution in [3.8, 4) is 11.4 Å². The van der Waals surface area contributed by atoms with Crippen LogP contribution in [0.25, 0.3) is 11.4 Å². The molecule has 1 aromatic heterocycles. The molecule has 0 unspecified atom stereocenters. The van der Waals surface area contributed by atoms with Crippen molar-refractivity contribution in [2.24, 2.45) is 0 Å². The molecule has 0 amide bonds. The van der Waals surface area contributed by atoms with Crippen molar-refractivity contribution >= 4 is 27.5 Å². The monoisotopic (exact) mass is 324 g/mol. The van der Waals surface area contributed by atoms with Crippen LogP contribution in [0.15, 0.2) is 34.9 Å². The minimum Gasteiger partial charge on any atom is -0.236 e. The van der Waals surface area contributed by atoms with Gasteiger partial charge in [0.05, 0.1) is 5.88 Å². The molecule has 0 spiro atoms. The lowest BCUT2D eigenvalue weighted by atomic mass is 10.1. The van der Waals surface area contributed by atoms with Gasteiger partial charge in [-0.2, -0.15) is 0 Å². The van der Waals surface area contributed by atoms with Crippen molar-refractivity contribution in [2.75, 3.05) is 0 Å². The van der Waals surface area contributed by atoms with Crippen LogP contribution in [0.2, 0.25) is 0 Å². The molecule has 94 valence electrons. The summed E-state index contributed by atoms with van der Waals surface area (Å²) in [5, 5.41) is 0. The molecule has 1 aromatic carbocycles. The molecule has 0 saturated carbocycles. The Morgan fingerprint density at radius 2 is 1.94 bits per heavy atom. The van der Waals surface area contributed by atoms with Crippen molar-refractivity contribution in [2.45, 2.75) is 25.6 Å². The summed E-state index contributed by atoms with van der Waals surface area (Å²) in [6, 6.07) is 8.01. The summed E-state index contributed by atoms with van der Waals surface area (Å²) in [5.74, 6) is 1.23. The molecule has 0 atom stereocenters. The second-order valence-electron chi connectivity index (χ2n) is 4.06. The maximum atomic E-state index is 5.90. The average Bonchev–Trinajstić information content (AvgIpc) is 2.40. The fourth-order valence-corrected chi connectivity index (χ4v) is 2.23. The highest BCUT2D eigenvalue weighted by atomic mass is 79.9. The molecular weight excluding hydrogens is 312 g/mol. The molecule has 1 heterocycles. The molecule has 2 rings (SSSR count). The first kappa shape index (κ1) is 13.5. The van der Waals surface area contributed by atoms with E-state index in [0.717, 1.165) is 40.0 Å². The number of hydrogen-bond donors (Lipinski definition) is 0. The van der Waals surface area contributed by atoms with Crippen LogP contribution in [0.5, 0.6) is 0 Å². The molecule has 0 fully saturated rings. The Bertz CT molecular complexity index is 526. The van der Waals surface area contributed by atoms with Gasteiger partial charge in [-0.3, -0.25) is 0 Å².